The van der Waals surface area contributed by atoms with E-state index in [9.17, 15) is 20.2 Å². The molecule has 0 aromatic carbocycles. The highest BCUT2D eigenvalue weighted by Gasteiger charge is 2.53. The van der Waals surface area contributed by atoms with E-state index in [1.165, 1.54) is 11.1 Å². The number of carbonyl (C=O) groups is 1. The van der Waals surface area contributed by atoms with Gasteiger partial charge in [0, 0.05) is 6.54 Å². The first-order chi connectivity index (χ1) is 14.7. The molecular formula is C26H39NO4. The van der Waals surface area contributed by atoms with Crippen LogP contribution in [0.4, 0.5) is 0 Å². The Kier molecular flexibility index (Phi) is 6.49. The van der Waals surface area contributed by atoms with E-state index in [-0.39, 0.29) is 17.2 Å². The number of hydroxylamine groups is 2. The number of hydrogen-bond donors (Lipinski definition) is 3. The van der Waals surface area contributed by atoms with Crippen LogP contribution >= 0.6 is 0 Å². The molecule has 4 rings (SSSR count). The molecule has 0 spiro atoms. The Hall–Kier alpha value is -1.43. The Morgan fingerprint density at radius 1 is 1.16 bits per heavy atom. The zero-order valence-corrected chi connectivity index (χ0v) is 19.1. The maximum absolute atomic E-state index is 12.2. The van der Waals surface area contributed by atoms with Crippen LogP contribution in [0.3, 0.4) is 0 Å². The first-order valence-electron chi connectivity index (χ1n) is 12.2. The van der Waals surface area contributed by atoms with Crippen LogP contribution in [-0.4, -0.2) is 45.1 Å². The summed E-state index contributed by atoms with van der Waals surface area (Å²) in [5.41, 5.74) is 3.69. The minimum absolute atomic E-state index is 0.0291. The van der Waals surface area contributed by atoms with Crippen molar-refractivity contribution in [1.82, 2.24) is 5.06 Å². The Labute approximate surface area is 186 Å². The van der Waals surface area contributed by atoms with Crippen molar-refractivity contribution < 1.29 is 20.2 Å². The summed E-state index contributed by atoms with van der Waals surface area (Å²) in [5, 5.41) is 31.6. The molecule has 1 amide bonds. The molecule has 0 radical (unpaired) electrons. The van der Waals surface area contributed by atoms with Crippen LogP contribution < -0.4 is 0 Å². The third kappa shape index (κ3) is 4.05. The molecular weight excluding hydrogens is 390 g/mol. The van der Waals surface area contributed by atoms with E-state index in [1.54, 1.807) is 0 Å². The summed E-state index contributed by atoms with van der Waals surface area (Å²) < 4.78 is 0. The van der Waals surface area contributed by atoms with Crippen molar-refractivity contribution in [1.29, 1.82) is 0 Å². The van der Waals surface area contributed by atoms with Crippen molar-refractivity contribution in [3.8, 4) is 0 Å². The van der Waals surface area contributed by atoms with Crippen LogP contribution in [0.1, 0.15) is 71.6 Å². The molecule has 5 nitrogen and oxygen atoms in total. The summed E-state index contributed by atoms with van der Waals surface area (Å²) in [6.45, 7) is 8.91. The van der Waals surface area contributed by atoms with Crippen LogP contribution in [0.15, 0.2) is 35.5 Å². The van der Waals surface area contributed by atoms with Gasteiger partial charge < -0.3 is 10.2 Å². The first kappa shape index (κ1) is 22.8. The third-order valence-corrected chi connectivity index (χ3v) is 9.08. The van der Waals surface area contributed by atoms with Gasteiger partial charge in [-0.15, -0.1) is 0 Å². The molecule has 4 fully saturated rings. The van der Waals surface area contributed by atoms with Crippen molar-refractivity contribution in [3.63, 3.8) is 0 Å². The minimum Gasteiger partial charge on any atom is -0.392 e. The molecule has 7 atom stereocenters. The van der Waals surface area contributed by atoms with E-state index in [4.69, 9.17) is 0 Å². The fraction of sp³-hybridized carbons (Fsp3) is 0.731. The van der Waals surface area contributed by atoms with Gasteiger partial charge in [-0.3, -0.25) is 10.0 Å². The molecule has 1 saturated heterocycles. The van der Waals surface area contributed by atoms with Gasteiger partial charge in [0.25, 0.3) is 5.91 Å². The zero-order valence-electron chi connectivity index (χ0n) is 19.1. The van der Waals surface area contributed by atoms with E-state index in [0.29, 0.717) is 24.8 Å². The number of amides is 1. The first-order valence-corrected chi connectivity index (χ1v) is 12.2. The highest BCUT2D eigenvalue weighted by molar-refractivity contribution is 5.80. The zero-order chi connectivity index (χ0) is 22.3. The average molecular weight is 430 g/mol. The van der Waals surface area contributed by atoms with Gasteiger partial charge in [-0.2, -0.15) is 0 Å². The van der Waals surface area contributed by atoms with E-state index in [0.717, 1.165) is 62.0 Å². The lowest BCUT2D eigenvalue weighted by Crippen LogP contribution is -2.42. The predicted octanol–water partition coefficient (Wildman–Crippen LogP) is 4.39. The van der Waals surface area contributed by atoms with Gasteiger partial charge >= 0.3 is 0 Å². The molecule has 4 unspecified atom stereocenters. The maximum Gasteiger partial charge on any atom is 0.251 e. The largest absolute Gasteiger partial charge is 0.392 e. The fourth-order valence-corrected chi connectivity index (χ4v) is 7.18. The second kappa shape index (κ2) is 8.84. The highest BCUT2D eigenvalue weighted by Crippen LogP contribution is 2.60. The lowest BCUT2D eigenvalue weighted by molar-refractivity contribution is -0.163. The second-order valence-electron chi connectivity index (χ2n) is 10.7. The van der Waals surface area contributed by atoms with Crippen LogP contribution in [-0.2, 0) is 4.79 Å². The molecule has 0 aromatic rings. The van der Waals surface area contributed by atoms with Gasteiger partial charge in [0.05, 0.1) is 18.1 Å². The van der Waals surface area contributed by atoms with Crippen LogP contribution in [0, 0.1) is 29.1 Å². The molecule has 3 saturated carbocycles. The molecule has 0 bridgehead atoms. The summed E-state index contributed by atoms with van der Waals surface area (Å²) in [6.07, 6.45) is 12.4. The normalized spacial score (nSPS) is 41.1. The number of aliphatic hydroxyl groups excluding tert-OH is 2. The SMILES string of the molecule is C=C1/C(=C\C=C2/CCC[C@@]3(C)C2CC[C@@H]3[C@H](C)C(O)C2CCN(O)C2=O)CCCC1O. The van der Waals surface area contributed by atoms with E-state index < -0.39 is 18.1 Å². The molecule has 172 valence electrons. The lowest BCUT2D eigenvalue weighted by Gasteiger charge is -2.45. The topological polar surface area (TPSA) is 81.0 Å². The molecule has 1 heterocycles. The monoisotopic (exact) mass is 429 g/mol. The molecule has 5 heteroatoms. The number of carbonyl (C=O) groups excluding carboxylic acids is 1. The number of allylic oxidation sites excluding steroid dienone is 3. The third-order valence-electron chi connectivity index (χ3n) is 9.08. The van der Waals surface area contributed by atoms with Gasteiger partial charge in [-0.25, -0.2) is 5.06 Å². The standard InChI is InChI=1S/C26H39NO4/c1-16-18(6-4-8-23(16)28)9-10-19-7-5-14-26(3)21(11-12-22(19)26)17(2)24(29)20-13-15-27(31)25(20)30/h9-10,17,20-24,28-29,31H,1,4-8,11-15H2,2-3H3/b18-9-,19-10+/t17-,20?,21+,22?,23?,24?,26+/m0/s1. The average Bonchev–Trinajstić information content (AvgIpc) is 3.27. The van der Waals surface area contributed by atoms with E-state index in [1.807, 2.05) is 0 Å². The Morgan fingerprint density at radius 2 is 1.94 bits per heavy atom. The van der Waals surface area contributed by atoms with Crippen LogP contribution in [0.5, 0.6) is 0 Å². The summed E-state index contributed by atoms with van der Waals surface area (Å²) in [4.78, 5) is 12.2. The Morgan fingerprint density at radius 3 is 2.65 bits per heavy atom. The molecule has 4 aliphatic rings. The number of hydrogen-bond acceptors (Lipinski definition) is 4. The number of aliphatic hydroxyl groups is 2. The fourth-order valence-electron chi connectivity index (χ4n) is 7.18. The maximum atomic E-state index is 12.2. The summed E-state index contributed by atoms with van der Waals surface area (Å²) >= 11 is 0. The number of rotatable bonds is 4. The minimum atomic E-state index is -0.700. The number of nitrogens with zero attached hydrogens (tertiary/aromatic N) is 1. The molecule has 0 aromatic heterocycles. The predicted molar refractivity (Wildman–Crippen MR) is 120 cm³/mol. The summed E-state index contributed by atoms with van der Waals surface area (Å²) in [6, 6.07) is 0. The summed E-state index contributed by atoms with van der Waals surface area (Å²) in [5.74, 6) is 0.102. The van der Waals surface area contributed by atoms with E-state index >= 15 is 0 Å². The van der Waals surface area contributed by atoms with Gasteiger partial charge in [-0.1, -0.05) is 38.2 Å². The quantitative estimate of drug-likeness (QED) is 0.579. The van der Waals surface area contributed by atoms with Gasteiger partial charge in [0.15, 0.2) is 0 Å². The molecule has 31 heavy (non-hydrogen) atoms. The van der Waals surface area contributed by atoms with Crippen LogP contribution in [0.25, 0.3) is 0 Å². The van der Waals surface area contributed by atoms with Gasteiger partial charge in [0.1, 0.15) is 0 Å². The molecule has 3 N–H and O–H groups in total. The van der Waals surface area contributed by atoms with Crippen molar-refractivity contribution in [3.05, 3.63) is 35.5 Å². The van der Waals surface area contributed by atoms with Gasteiger partial charge in [-0.05, 0) is 92.1 Å². The van der Waals surface area contributed by atoms with Crippen LogP contribution in [0.2, 0.25) is 0 Å². The van der Waals surface area contributed by atoms with E-state index in [2.05, 4.69) is 32.6 Å². The van der Waals surface area contributed by atoms with Gasteiger partial charge in [0.2, 0.25) is 0 Å². The molecule has 3 aliphatic carbocycles. The van der Waals surface area contributed by atoms with Crippen molar-refractivity contribution in [2.24, 2.45) is 29.1 Å². The molecule has 1 aliphatic heterocycles. The second-order valence-corrected chi connectivity index (χ2v) is 10.7. The highest BCUT2D eigenvalue weighted by atomic mass is 16.5. The van der Waals surface area contributed by atoms with Crippen molar-refractivity contribution in [2.45, 2.75) is 83.8 Å². The Bertz CT molecular complexity index is 786. The van der Waals surface area contributed by atoms with Crippen molar-refractivity contribution >= 4 is 5.91 Å². The summed E-state index contributed by atoms with van der Waals surface area (Å²) in [7, 11) is 0. The lowest BCUT2D eigenvalue weighted by atomic mass is 9.60. The Balaban J connectivity index is 1.51. The number of fused-ring (bicyclic) bond motifs is 1. The smallest absolute Gasteiger partial charge is 0.251 e. The van der Waals surface area contributed by atoms with Crippen molar-refractivity contribution in [2.75, 3.05) is 6.54 Å².